The van der Waals surface area contributed by atoms with E-state index in [1.165, 1.54) is 6.07 Å². The van der Waals surface area contributed by atoms with Crippen molar-refractivity contribution in [1.29, 1.82) is 0 Å². The maximum Gasteiger partial charge on any atom is 0.321 e. The molecule has 164 valence electrons. The summed E-state index contributed by atoms with van der Waals surface area (Å²) in [4.78, 5) is 14.7. The van der Waals surface area contributed by atoms with Crippen LogP contribution in [0.5, 0.6) is 11.5 Å². The van der Waals surface area contributed by atoms with Crippen molar-refractivity contribution < 1.29 is 18.7 Å². The fourth-order valence-corrected chi connectivity index (χ4v) is 4.92. The molecule has 32 heavy (non-hydrogen) atoms. The van der Waals surface area contributed by atoms with E-state index in [0.717, 1.165) is 29.9 Å². The summed E-state index contributed by atoms with van der Waals surface area (Å²) >= 11 is 0. The molecular weight excluding hydrogens is 411 g/mol. The summed E-state index contributed by atoms with van der Waals surface area (Å²) in [6, 6.07) is 14.2. The Kier molecular flexibility index (Phi) is 4.28. The zero-order valence-electron chi connectivity index (χ0n) is 17.4. The van der Waals surface area contributed by atoms with Gasteiger partial charge in [-0.15, -0.1) is 0 Å². The van der Waals surface area contributed by atoms with Gasteiger partial charge >= 0.3 is 6.03 Å². The first-order valence-electron chi connectivity index (χ1n) is 10.8. The quantitative estimate of drug-likeness (QED) is 0.598. The highest BCUT2D eigenvalue weighted by Gasteiger charge is 2.42. The molecule has 1 saturated heterocycles. The van der Waals surface area contributed by atoms with Gasteiger partial charge in [0.15, 0.2) is 11.5 Å². The maximum absolute atomic E-state index is 13.9. The number of ether oxygens (including phenoxy) is 2. The van der Waals surface area contributed by atoms with E-state index < -0.39 is 0 Å². The van der Waals surface area contributed by atoms with E-state index in [1.807, 2.05) is 29.3 Å². The van der Waals surface area contributed by atoms with Crippen LogP contribution in [0.15, 0.2) is 54.7 Å². The molecule has 0 unspecified atom stereocenters. The SMILES string of the molecule is O=C(Nc1ccc2c(c1)OCCO2)N1CCC2(CC1)Nc1cc(F)ccc1-n1cccc12. The van der Waals surface area contributed by atoms with Crippen LogP contribution in [0, 0.1) is 5.82 Å². The number of carbonyl (C=O) groups excluding carboxylic acids is 1. The minimum atomic E-state index is -0.335. The van der Waals surface area contributed by atoms with E-state index in [0.29, 0.717) is 43.5 Å². The summed E-state index contributed by atoms with van der Waals surface area (Å²) in [6.45, 7) is 2.20. The maximum atomic E-state index is 13.9. The molecule has 1 spiro atoms. The molecule has 1 fully saturated rings. The summed E-state index contributed by atoms with van der Waals surface area (Å²) in [5.41, 5.74) is 3.20. The lowest BCUT2D eigenvalue weighted by Gasteiger charge is -2.46. The van der Waals surface area contributed by atoms with Crippen molar-refractivity contribution in [1.82, 2.24) is 9.47 Å². The molecule has 3 aliphatic rings. The molecule has 1 aromatic heterocycles. The second-order valence-corrected chi connectivity index (χ2v) is 8.41. The molecule has 7 nitrogen and oxygen atoms in total. The molecule has 2 amide bonds. The fourth-order valence-electron chi connectivity index (χ4n) is 4.92. The number of nitrogens with zero attached hydrogens (tertiary/aromatic N) is 2. The van der Waals surface area contributed by atoms with Crippen LogP contribution < -0.4 is 20.1 Å². The number of rotatable bonds is 1. The van der Waals surface area contributed by atoms with Crippen LogP contribution in [0.3, 0.4) is 0 Å². The Morgan fingerprint density at radius 1 is 1.03 bits per heavy atom. The molecule has 3 aromatic rings. The lowest BCUT2D eigenvalue weighted by molar-refractivity contribution is 0.171. The largest absolute Gasteiger partial charge is 0.486 e. The first-order chi connectivity index (χ1) is 15.6. The van der Waals surface area contributed by atoms with Gasteiger partial charge in [-0.05, 0) is 55.3 Å². The Morgan fingerprint density at radius 3 is 2.69 bits per heavy atom. The first kappa shape index (κ1) is 19.0. The third-order valence-electron chi connectivity index (χ3n) is 6.53. The Morgan fingerprint density at radius 2 is 1.84 bits per heavy atom. The standard InChI is InChI=1S/C24H23FN4O3/c25-16-3-5-19-18(14-16)27-24(22-2-1-9-29(19)22)7-10-28(11-8-24)23(30)26-17-4-6-20-21(15-17)32-13-12-31-20/h1-6,9,14-15,27H,7-8,10-13H2,(H,26,30). The van der Waals surface area contributed by atoms with Gasteiger partial charge in [0.1, 0.15) is 19.0 Å². The third kappa shape index (κ3) is 3.05. The zero-order valence-corrected chi connectivity index (χ0v) is 17.4. The summed E-state index contributed by atoms with van der Waals surface area (Å²) in [7, 11) is 0. The third-order valence-corrected chi connectivity index (χ3v) is 6.53. The number of halogens is 1. The number of hydrogen-bond donors (Lipinski definition) is 2. The molecule has 2 N–H and O–H groups in total. The van der Waals surface area contributed by atoms with Crippen molar-refractivity contribution in [2.24, 2.45) is 0 Å². The van der Waals surface area contributed by atoms with Gasteiger partial charge in [0.25, 0.3) is 0 Å². The van der Waals surface area contributed by atoms with Crippen LogP contribution in [0.4, 0.5) is 20.6 Å². The van der Waals surface area contributed by atoms with Crippen LogP contribution >= 0.6 is 0 Å². The van der Waals surface area contributed by atoms with Crippen LogP contribution in [-0.4, -0.2) is 41.8 Å². The number of urea groups is 1. The van der Waals surface area contributed by atoms with Crippen molar-refractivity contribution in [3.8, 4) is 17.2 Å². The van der Waals surface area contributed by atoms with E-state index >= 15 is 0 Å². The van der Waals surface area contributed by atoms with Gasteiger partial charge in [-0.25, -0.2) is 9.18 Å². The number of amides is 2. The number of likely N-dealkylation sites (tertiary alicyclic amines) is 1. The molecule has 2 aromatic carbocycles. The fraction of sp³-hybridized carbons (Fsp3) is 0.292. The Labute approximate surface area is 184 Å². The van der Waals surface area contributed by atoms with Crippen molar-refractivity contribution in [3.63, 3.8) is 0 Å². The monoisotopic (exact) mass is 434 g/mol. The molecule has 3 aliphatic heterocycles. The van der Waals surface area contributed by atoms with E-state index in [-0.39, 0.29) is 17.4 Å². The number of anilines is 2. The number of fused-ring (bicyclic) bond motifs is 5. The Hall–Kier alpha value is -3.68. The topological polar surface area (TPSA) is 67.8 Å². The van der Waals surface area contributed by atoms with Crippen LogP contribution in [0.25, 0.3) is 5.69 Å². The smallest absolute Gasteiger partial charge is 0.321 e. The summed E-state index contributed by atoms with van der Waals surface area (Å²) in [5.74, 6) is 1.07. The van der Waals surface area contributed by atoms with Gasteiger partial charge in [-0.1, -0.05) is 0 Å². The van der Waals surface area contributed by atoms with Gasteiger partial charge < -0.3 is 29.6 Å². The van der Waals surface area contributed by atoms with Crippen molar-refractivity contribution in [3.05, 3.63) is 66.2 Å². The van der Waals surface area contributed by atoms with Gasteiger partial charge in [0.05, 0.1) is 16.9 Å². The van der Waals surface area contributed by atoms with E-state index in [4.69, 9.17) is 9.47 Å². The predicted molar refractivity (Wildman–Crippen MR) is 118 cm³/mol. The Bertz CT molecular complexity index is 1200. The molecule has 0 aliphatic carbocycles. The summed E-state index contributed by atoms with van der Waals surface area (Å²) in [6.07, 6.45) is 3.46. The number of aromatic nitrogens is 1. The second kappa shape index (κ2) is 7.19. The molecule has 0 bridgehead atoms. The highest BCUT2D eigenvalue weighted by molar-refractivity contribution is 5.90. The number of hydrogen-bond acceptors (Lipinski definition) is 4. The van der Waals surface area contributed by atoms with Crippen LogP contribution in [-0.2, 0) is 5.54 Å². The highest BCUT2D eigenvalue weighted by Crippen LogP contribution is 2.43. The van der Waals surface area contributed by atoms with Crippen molar-refractivity contribution in [2.75, 3.05) is 36.9 Å². The second-order valence-electron chi connectivity index (χ2n) is 8.41. The van der Waals surface area contributed by atoms with Crippen molar-refractivity contribution >= 4 is 17.4 Å². The lowest BCUT2D eigenvalue weighted by atomic mass is 9.82. The zero-order chi connectivity index (χ0) is 21.7. The molecule has 6 rings (SSSR count). The van der Waals surface area contributed by atoms with Gasteiger partial charge in [-0.3, -0.25) is 0 Å². The highest BCUT2D eigenvalue weighted by atomic mass is 19.1. The van der Waals surface area contributed by atoms with Gasteiger partial charge in [0, 0.05) is 36.7 Å². The lowest BCUT2D eigenvalue weighted by Crippen LogP contribution is -2.51. The van der Waals surface area contributed by atoms with E-state index in [1.54, 1.807) is 18.2 Å². The van der Waals surface area contributed by atoms with Crippen molar-refractivity contribution in [2.45, 2.75) is 18.4 Å². The summed E-state index contributed by atoms with van der Waals surface area (Å²) < 4.78 is 27.2. The van der Waals surface area contributed by atoms with E-state index in [2.05, 4.69) is 21.3 Å². The Balaban J connectivity index is 1.18. The number of carbonyl (C=O) groups is 1. The summed E-state index contributed by atoms with van der Waals surface area (Å²) in [5, 5.41) is 6.56. The minimum Gasteiger partial charge on any atom is -0.486 e. The normalized spacial score (nSPS) is 17.8. The molecular formula is C24H23FN4O3. The molecule has 4 heterocycles. The molecule has 0 radical (unpaired) electrons. The predicted octanol–water partition coefficient (Wildman–Crippen LogP) is 4.34. The average molecular weight is 434 g/mol. The van der Waals surface area contributed by atoms with Crippen LogP contribution in [0.2, 0.25) is 0 Å². The number of nitrogens with one attached hydrogen (secondary N) is 2. The molecule has 0 saturated carbocycles. The van der Waals surface area contributed by atoms with Crippen LogP contribution in [0.1, 0.15) is 18.5 Å². The molecule has 0 atom stereocenters. The van der Waals surface area contributed by atoms with Gasteiger partial charge in [-0.2, -0.15) is 0 Å². The average Bonchev–Trinajstić information content (AvgIpc) is 3.31. The van der Waals surface area contributed by atoms with Gasteiger partial charge in [0.2, 0.25) is 0 Å². The minimum absolute atomic E-state index is 0.144. The number of piperidine rings is 1. The molecule has 8 heteroatoms. The first-order valence-corrected chi connectivity index (χ1v) is 10.8. The number of benzene rings is 2. The van der Waals surface area contributed by atoms with E-state index in [9.17, 15) is 9.18 Å².